The van der Waals surface area contributed by atoms with Gasteiger partial charge in [0.2, 0.25) is 5.91 Å². The number of primary amides is 1. The van der Waals surface area contributed by atoms with E-state index in [2.05, 4.69) is 37.4 Å². The van der Waals surface area contributed by atoms with E-state index in [1.807, 2.05) is 42.1 Å². The average Bonchev–Trinajstić information content (AvgIpc) is 3.02. The van der Waals surface area contributed by atoms with Crippen LogP contribution in [0.1, 0.15) is 24.3 Å². The number of hydrogen-bond donors (Lipinski definition) is 1. The SMILES string of the molecule is C[N+]1(CCCSc2ccccc2)CC[C@H](C(C(N)=O)c2ccccc2)C1. The summed E-state index contributed by atoms with van der Waals surface area (Å²) in [6.07, 6.45) is 2.26. The minimum atomic E-state index is -0.186. The van der Waals surface area contributed by atoms with Crippen molar-refractivity contribution in [2.24, 2.45) is 11.7 Å². The largest absolute Gasteiger partial charge is 0.369 e. The first-order valence-electron chi connectivity index (χ1n) is 9.43. The van der Waals surface area contributed by atoms with Crippen molar-refractivity contribution in [2.75, 3.05) is 32.4 Å². The Labute approximate surface area is 161 Å². The van der Waals surface area contributed by atoms with Gasteiger partial charge in [-0.2, -0.15) is 0 Å². The molecule has 138 valence electrons. The van der Waals surface area contributed by atoms with Crippen LogP contribution in [-0.2, 0) is 4.79 Å². The molecular formula is C22H29N2OS+. The van der Waals surface area contributed by atoms with Crippen molar-refractivity contribution >= 4 is 17.7 Å². The smallest absolute Gasteiger partial charge is 0.225 e. The highest BCUT2D eigenvalue weighted by Gasteiger charge is 2.41. The molecule has 2 unspecified atom stereocenters. The molecule has 2 N–H and O–H groups in total. The van der Waals surface area contributed by atoms with Crippen LogP contribution >= 0.6 is 11.8 Å². The minimum Gasteiger partial charge on any atom is -0.369 e. The van der Waals surface area contributed by atoms with Gasteiger partial charge in [-0.15, -0.1) is 11.8 Å². The monoisotopic (exact) mass is 369 g/mol. The normalized spacial score (nSPS) is 23.7. The lowest BCUT2D eigenvalue weighted by atomic mass is 9.85. The first-order valence-corrected chi connectivity index (χ1v) is 10.4. The topological polar surface area (TPSA) is 43.1 Å². The fourth-order valence-electron chi connectivity index (χ4n) is 4.18. The number of nitrogens with zero attached hydrogens (tertiary/aromatic N) is 1. The number of quaternary nitrogens is 1. The molecule has 0 saturated carbocycles. The standard InChI is InChI=1S/C22H28N2OS/c1-24(14-8-16-26-20-11-6-3-7-12-20)15-13-19(17-24)21(22(23)25)18-9-4-2-5-10-18/h2-7,9-12,19,21H,8,13-17H2,1H3,(H-,23,25)/p+1/t19-,21?,24?/m0/s1. The highest BCUT2D eigenvalue weighted by molar-refractivity contribution is 7.99. The van der Waals surface area contributed by atoms with Crippen molar-refractivity contribution in [1.82, 2.24) is 0 Å². The van der Waals surface area contributed by atoms with Crippen LogP contribution in [0.25, 0.3) is 0 Å². The van der Waals surface area contributed by atoms with Gasteiger partial charge in [0.05, 0.1) is 32.6 Å². The van der Waals surface area contributed by atoms with Crippen LogP contribution in [0.4, 0.5) is 0 Å². The molecule has 0 bridgehead atoms. The van der Waals surface area contributed by atoms with E-state index in [4.69, 9.17) is 5.73 Å². The molecule has 0 radical (unpaired) electrons. The van der Waals surface area contributed by atoms with Gasteiger partial charge in [0.15, 0.2) is 0 Å². The maximum absolute atomic E-state index is 12.1. The molecular weight excluding hydrogens is 340 g/mol. The van der Waals surface area contributed by atoms with E-state index in [-0.39, 0.29) is 11.8 Å². The molecule has 3 atom stereocenters. The van der Waals surface area contributed by atoms with Gasteiger partial charge in [0.1, 0.15) is 0 Å². The second-order valence-electron chi connectivity index (χ2n) is 7.60. The lowest BCUT2D eigenvalue weighted by molar-refractivity contribution is -0.899. The highest BCUT2D eigenvalue weighted by atomic mass is 32.2. The second-order valence-corrected chi connectivity index (χ2v) is 8.77. The highest BCUT2D eigenvalue weighted by Crippen LogP contribution is 2.35. The van der Waals surface area contributed by atoms with Gasteiger partial charge in [-0.3, -0.25) is 4.79 Å². The van der Waals surface area contributed by atoms with Gasteiger partial charge < -0.3 is 10.2 Å². The molecule has 1 aliphatic heterocycles. The van der Waals surface area contributed by atoms with E-state index < -0.39 is 0 Å². The Balaban J connectivity index is 1.53. The maximum Gasteiger partial charge on any atom is 0.225 e. The number of carbonyl (C=O) groups excluding carboxylic acids is 1. The Bertz CT molecular complexity index is 707. The van der Waals surface area contributed by atoms with Crippen molar-refractivity contribution in [3.05, 3.63) is 66.2 Å². The van der Waals surface area contributed by atoms with E-state index in [0.29, 0.717) is 5.92 Å². The van der Waals surface area contributed by atoms with E-state index in [0.717, 1.165) is 41.9 Å². The van der Waals surface area contributed by atoms with Crippen LogP contribution < -0.4 is 5.73 Å². The molecule has 2 aromatic rings. The third-order valence-electron chi connectivity index (χ3n) is 5.51. The predicted molar refractivity (Wildman–Crippen MR) is 109 cm³/mol. The Hall–Kier alpha value is -1.78. The summed E-state index contributed by atoms with van der Waals surface area (Å²) in [7, 11) is 2.33. The molecule has 1 heterocycles. The molecule has 1 aliphatic rings. The van der Waals surface area contributed by atoms with Gasteiger partial charge in [-0.05, 0) is 17.7 Å². The van der Waals surface area contributed by atoms with Gasteiger partial charge in [-0.25, -0.2) is 0 Å². The Kier molecular flexibility index (Phi) is 6.38. The summed E-state index contributed by atoms with van der Waals surface area (Å²) >= 11 is 1.93. The first-order chi connectivity index (χ1) is 12.6. The number of hydrogen-bond acceptors (Lipinski definition) is 2. The van der Waals surface area contributed by atoms with E-state index >= 15 is 0 Å². The molecule has 0 spiro atoms. The molecule has 0 aliphatic carbocycles. The number of amides is 1. The number of benzene rings is 2. The lowest BCUT2D eigenvalue weighted by Crippen LogP contribution is -2.43. The summed E-state index contributed by atoms with van der Waals surface area (Å²) in [5, 5.41) is 0. The number of nitrogens with two attached hydrogens (primary N) is 1. The number of thioether (sulfide) groups is 1. The minimum absolute atomic E-state index is 0.158. The maximum atomic E-state index is 12.1. The van der Waals surface area contributed by atoms with Crippen LogP contribution in [0, 0.1) is 5.92 Å². The summed E-state index contributed by atoms with van der Waals surface area (Å²) in [5.74, 6) is 1.14. The molecule has 26 heavy (non-hydrogen) atoms. The van der Waals surface area contributed by atoms with Crippen molar-refractivity contribution in [3.63, 3.8) is 0 Å². The van der Waals surface area contributed by atoms with E-state index in [9.17, 15) is 4.79 Å². The summed E-state index contributed by atoms with van der Waals surface area (Å²) in [4.78, 5) is 13.5. The van der Waals surface area contributed by atoms with Crippen molar-refractivity contribution < 1.29 is 9.28 Å². The molecule has 1 saturated heterocycles. The van der Waals surface area contributed by atoms with E-state index in [1.165, 1.54) is 11.3 Å². The van der Waals surface area contributed by atoms with Crippen LogP contribution in [0.5, 0.6) is 0 Å². The number of likely N-dealkylation sites (tertiary alicyclic amines) is 1. The summed E-state index contributed by atoms with van der Waals surface area (Å²) < 4.78 is 1.05. The zero-order valence-corrected chi connectivity index (χ0v) is 16.3. The summed E-state index contributed by atoms with van der Waals surface area (Å²) in [5.41, 5.74) is 6.84. The van der Waals surface area contributed by atoms with Crippen molar-refractivity contribution in [3.8, 4) is 0 Å². The van der Waals surface area contributed by atoms with Crippen LogP contribution in [0.2, 0.25) is 0 Å². The third-order valence-corrected chi connectivity index (χ3v) is 6.60. The van der Waals surface area contributed by atoms with Gasteiger partial charge in [0, 0.05) is 29.4 Å². The quantitative estimate of drug-likeness (QED) is 0.436. The molecule has 2 aromatic carbocycles. The van der Waals surface area contributed by atoms with Crippen LogP contribution in [0.3, 0.4) is 0 Å². The molecule has 1 amide bonds. The van der Waals surface area contributed by atoms with Crippen molar-refractivity contribution in [1.29, 1.82) is 0 Å². The molecule has 1 fully saturated rings. The average molecular weight is 370 g/mol. The number of carbonyl (C=O) groups is 1. The van der Waals surface area contributed by atoms with Gasteiger partial charge >= 0.3 is 0 Å². The van der Waals surface area contributed by atoms with E-state index in [1.54, 1.807) is 0 Å². The summed E-state index contributed by atoms with van der Waals surface area (Å²) in [6.45, 7) is 3.34. The molecule has 3 rings (SSSR count). The number of rotatable bonds is 8. The third kappa shape index (κ3) is 4.89. The fraction of sp³-hybridized carbons (Fsp3) is 0.409. The summed E-state index contributed by atoms with van der Waals surface area (Å²) in [6, 6.07) is 20.6. The zero-order valence-electron chi connectivity index (χ0n) is 15.5. The fourth-order valence-corrected chi connectivity index (χ4v) is 5.04. The Morgan fingerprint density at radius 2 is 1.81 bits per heavy atom. The molecule has 4 heteroatoms. The van der Waals surface area contributed by atoms with Crippen LogP contribution in [-0.4, -0.2) is 42.8 Å². The van der Waals surface area contributed by atoms with Crippen LogP contribution in [0.15, 0.2) is 65.6 Å². The molecule has 0 aromatic heterocycles. The van der Waals surface area contributed by atoms with Crippen molar-refractivity contribution in [2.45, 2.75) is 23.7 Å². The zero-order chi connectivity index (χ0) is 18.4. The Morgan fingerprint density at radius 1 is 1.15 bits per heavy atom. The van der Waals surface area contributed by atoms with Gasteiger partial charge in [-0.1, -0.05) is 48.5 Å². The second kappa shape index (κ2) is 8.74. The Morgan fingerprint density at radius 3 is 2.46 bits per heavy atom. The van der Waals surface area contributed by atoms with Gasteiger partial charge in [0.25, 0.3) is 0 Å². The first kappa shape index (κ1) is 19.0. The lowest BCUT2D eigenvalue weighted by Gasteiger charge is -2.30. The molecule has 3 nitrogen and oxygen atoms in total. The predicted octanol–water partition coefficient (Wildman–Crippen LogP) is 3.90.